The van der Waals surface area contributed by atoms with Crippen molar-refractivity contribution >= 4 is 27.0 Å². The lowest BCUT2D eigenvalue weighted by atomic mass is 10.2. The summed E-state index contributed by atoms with van der Waals surface area (Å²) in [6.45, 7) is 5.71. The van der Waals surface area contributed by atoms with Gasteiger partial charge in [-0.2, -0.15) is 0 Å². The summed E-state index contributed by atoms with van der Waals surface area (Å²) in [7, 11) is -3.90. The molecule has 2 rings (SSSR count). The van der Waals surface area contributed by atoms with Crippen molar-refractivity contribution in [3.63, 3.8) is 0 Å². The molecule has 0 saturated heterocycles. The van der Waals surface area contributed by atoms with E-state index >= 15 is 0 Å². The summed E-state index contributed by atoms with van der Waals surface area (Å²) in [5.74, 6) is -0.660. The number of benzene rings is 1. The minimum atomic E-state index is -3.90. The Morgan fingerprint density at radius 2 is 2.05 bits per heavy atom. The van der Waals surface area contributed by atoms with E-state index in [1.54, 1.807) is 11.3 Å². The summed E-state index contributed by atoms with van der Waals surface area (Å²) in [4.78, 5) is 5.10. The number of hydrogen-bond acceptors (Lipinski definition) is 5. The van der Waals surface area contributed by atoms with Crippen LogP contribution in [0, 0.1) is 19.7 Å². The van der Waals surface area contributed by atoms with Gasteiger partial charge >= 0.3 is 0 Å². The van der Waals surface area contributed by atoms with E-state index in [0.29, 0.717) is 0 Å². The normalized spacial score (nSPS) is 13.2. The van der Waals surface area contributed by atoms with Gasteiger partial charge in [0.15, 0.2) is 0 Å². The lowest BCUT2D eigenvalue weighted by molar-refractivity contribution is 0.592. The number of hydrogen-bond donors (Lipinski definition) is 2. The van der Waals surface area contributed by atoms with Crippen molar-refractivity contribution in [1.29, 1.82) is 0 Å². The Morgan fingerprint density at radius 1 is 1.38 bits per heavy atom. The molecule has 1 atom stereocenters. The smallest absolute Gasteiger partial charge is 0.238 e. The van der Waals surface area contributed by atoms with Crippen molar-refractivity contribution in [2.45, 2.75) is 31.7 Å². The van der Waals surface area contributed by atoms with Crippen LogP contribution in [0.4, 0.5) is 10.1 Å². The maximum absolute atomic E-state index is 14.0. The van der Waals surface area contributed by atoms with Crippen molar-refractivity contribution in [2.75, 3.05) is 5.32 Å². The molecule has 1 heterocycles. The zero-order valence-electron chi connectivity index (χ0n) is 11.8. The first kappa shape index (κ1) is 15.9. The van der Waals surface area contributed by atoms with Crippen molar-refractivity contribution < 1.29 is 12.8 Å². The van der Waals surface area contributed by atoms with Crippen LogP contribution in [0.1, 0.15) is 28.5 Å². The molecule has 0 amide bonds. The number of nitrogens with one attached hydrogen (secondary N) is 1. The Kier molecular flexibility index (Phi) is 4.31. The van der Waals surface area contributed by atoms with Gasteiger partial charge in [0.25, 0.3) is 0 Å². The molecule has 5 nitrogen and oxygen atoms in total. The van der Waals surface area contributed by atoms with E-state index in [-0.39, 0.29) is 16.6 Å². The average Bonchev–Trinajstić information content (AvgIpc) is 2.69. The molecule has 1 unspecified atom stereocenters. The van der Waals surface area contributed by atoms with E-state index in [4.69, 9.17) is 5.14 Å². The van der Waals surface area contributed by atoms with E-state index in [1.807, 2.05) is 20.8 Å². The van der Waals surface area contributed by atoms with E-state index in [9.17, 15) is 12.8 Å². The Balaban J connectivity index is 2.26. The molecule has 3 N–H and O–H groups in total. The highest BCUT2D eigenvalue weighted by molar-refractivity contribution is 7.89. The first-order valence-corrected chi connectivity index (χ1v) is 8.57. The van der Waals surface area contributed by atoms with Crippen LogP contribution in [0.5, 0.6) is 0 Å². The maximum atomic E-state index is 14.0. The quantitative estimate of drug-likeness (QED) is 0.903. The molecule has 21 heavy (non-hydrogen) atoms. The molecule has 8 heteroatoms. The Labute approximate surface area is 127 Å². The van der Waals surface area contributed by atoms with Crippen molar-refractivity contribution in [3.05, 3.63) is 39.6 Å². The van der Waals surface area contributed by atoms with Gasteiger partial charge in [-0.25, -0.2) is 22.9 Å². The minimum absolute atomic E-state index is 0.133. The highest BCUT2D eigenvalue weighted by Crippen LogP contribution is 2.29. The summed E-state index contributed by atoms with van der Waals surface area (Å²) in [5.41, 5.74) is 1.12. The average molecular weight is 329 g/mol. The lowest BCUT2D eigenvalue weighted by Crippen LogP contribution is -2.13. The van der Waals surface area contributed by atoms with Gasteiger partial charge in [0.2, 0.25) is 10.0 Å². The third-order valence-corrected chi connectivity index (χ3v) is 5.14. The standard InChI is InChI=1S/C13H16FN3O2S2/c1-7-13(20-9(3)16-7)8(2)17-12-5-4-10(6-11(12)14)21(15,18)19/h4-6,8,17H,1-3H3,(H2,15,18,19). The van der Waals surface area contributed by atoms with Crippen LogP contribution in [0.3, 0.4) is 0 Å². The molecule has 0 bridgehead atoms. The van der Waals surface area contributed by atoms with Crippen LogP contribution in [-0.4, -0.2) is 13.4 Å². The predicted octanol–water partition coefficient (Wildman–Crippen LogP) is 2.72. The van der Waals surface area contributed by atoms with Gasteiger partial charge < -0.3 is 5.32 Å². The van der Waals surface area contributed by atoms with Crippen molar-refractivity contribution in [3.8, 4) is 0 Å². The van der Waals surface area contributed by atoms with E-state index < -0.39 is 15.8 Å². The number of rotatable bonds is 4. The fourth-order valence-electron chi connectivity index (χ4n) is 2.04. The van der Waals surface area contributed by atoms with Crippen molar-refractivity contribution in [1.82, 2.24) is 4.98 Å². The van der Waals surface area contributed by atoms with Gasteiger partial charge in [0, 0.05) is 4.88 Å². The molecule has 1 aromatic heterocycles. The van der Waals surface area contributed by atoms with Gasteiger partial charge in [-0.05, 0) is 39.0 Å². The van der Waals surface area contributed by atoms with Gasteiger partial charge in [-0.15, -0.1) is 11.3 Å². The van der Waals surface area contributed by atoms with E-state index in [2.05, 4.69) is 10.3 Å². The fourth-order valence-corrected chi connectivity index (χ4v) is 3.49. The Bertz CT molecular complexity index is 772. The third-order valence-electron chi connectivity index (χ3n) is 2.97. The summed E-state index contributed by atoms with van der Waals surface area (Å²) in [5, 5.41) is 8.93. The Hall–Kier alpha value is -1.51. The molecule has 0 fully saturated rings. The van der Waals surface area contributed by atoms with Gasteiger partial charge in [0.05, 0.1) is 27.3 Å². The minimum Gasteiger partial charge on any atom is -0.375 e. The first-order chi connectivity index (χ1) is 9.68. The number of aromatic nitrogens is 1. The summed E-state index contributed by atoms with van der Waals surface area (Å²) < 4.78 is 36.3. The monoisotopic (exact) mass is 329 g/mol. The van der Waals surface area contributed by atoms with E-state index in [0.717, 1.165) is 21.6 Å². The first-order valence-electron chi connectivity index (χ1n) is 6.21. The Morgan fingerprint density at radius 3 is 2.52 bits per heavy atom. The van der Waals surface area contributed by atoms with Crippen LogP contribution in [0.2, 0.25) is 0 Å². The molecule has 1 aromatic carbocycles. The molecule has 2 aromatic rings. The molecule has 0 spiro atoms. The number of nitrogens with zero attached hydrogens (tertiary/aromatic N) is 1. The second kappa shape index (κ2) is 5.70. The second-order valence-electron chi connectivity index (χ2n) is 4.74. The number of nitrogens with two attached hydrogens (primary N) is 1. The van der Waals surface area contributed by atoms with Crippen molar-refractivity contribution in [2.24, 2.45) is 5.14 Å². The molecule has 0 saturated carbocycles. The number of sulfonamides is 1. The highest BCUT2D eigenvalue weighted by atomic mass is 32.2. The third kappa shape index (κ3) is 3.58. The molecular formula is C13H16FN3O2S2. The second-order valence-corrected chi connectivity index (χ2v) is 7.53. The van der Waals surface area contributed by atoms with E-state index in [1.165, 1.54) is 12.1 Å². The fraction of sp³-hybridized carbons (Fsp3) is 0.308. The zero-order chi connectivity index (χ0) is 15.8. The van der Waals surface area contributed by atoms with Crippen LogP contribution in [0.15, 0.2) is 23.1 Å². The van der Waals surface area contributed by atoms with Gasteiger partial charge in [-0.1, -0.05) is 0 Å². The SMILES string of the molecule is Cc1nc(C)c(C(C)Nc2ccc(S(N)(=O)=O)cc2F)s1. The molecule has 0 radical (unpaired) electrons. The largest absolute Gasteiger partial charge is 0.375 e. The van der Waals surface area contributed by atoms with Crippen LogP contribution in [-0.2, 0) is 10.0 Å². The molecule has 0 aliphatic carbocycles. The van der Waals surface area contributed by atoms with Gasteiger partial charge in [0.1, 0.15) is 5.82 Å². The number of aryl methyl sites for hydroxylation is 2. The topological polar surface area (TPSA) is 85.1 Å². The number of anilines is 1. The lowest BCUT2D eigenvalue weighted by Gasteiger charge is -2.15. The molecular weight excluding hydrogens is 313 g/mol. The van der Waals surface area contributed by atoms with Gasteiger partial charge in [-0.3, -0.25) is 0 Å². The molecule has 0 aliphatic heterocycles. The van der Waals surface area contributed by atoms with Crippen LogP contribution < -0.4 is 10.5 Å². The molecule has 0 aliphatic rings. The number of thiazole rings is 1. The zero-order valence-corrected chi connectivity index (χ0v) is 13.5. The number of primary sulfonamides is 1. The predicted molar refractivity (Wildman–Crippen MR) is 81.4 cm³/mol. The van der Waals surface area contributed by atoms with Crippen LogP contribution in [0.25, 0.3) is 0 Å². The maximum Gasteiger partial charge on any atom is 0.238 e. The highest BCUT2D eigenvalue weighted by Gasteiger charge is 2.16. The summed E-state index contributed by atoms with van der Waals surface area (Å²) in [6.07, 6.45) is 0. The molecule has 114 valence electrons. The number of halogens is 1. The van der Waals surface area contributed by atoms with Crippen LogP contribution >= 0.6 is 11.3 Å². The summed E-state index contributed by atoms with van der Waals surface area (Å²) in [6, 6.07) is 3.42. The summed E-state index contributed by atoms with van der Waals surface area (Å²) >= 11 is 1.54.